The number of aromatic nitrogens is 1. The first-order chi connectivity index (χ1) is 8.25. The van der Waals surface area contributed by atoms with Crippen molar-refractivity contribution in [1.29, 1.82) is 0 Å². The zero-order valence-corrected chi connectivity index (χ0v) is 10.9. The van der Waals surface area contributed by atoms with E-state index in [0.717, 1.165) is 32.4 Å². The molecule has 5 heteroatoms. The fourth-order valence-corrected chi connectivity index (χ4v) is 2.58. The third kappa shape index (κ3) is 3.78. The minimum absolute atomic E-state index is 0.189. The summed E-state index contributed by atoms with van der Waals surface area (Å²) in [6, 6.07) is 0. The molecule has 2 rings (SSSR count). The Morgan fingerprint density at radius 2 is 2.59 bits per heavy atom. The van der Waals surface area contributed by atoms with Crippen molar-refractivity contribution in [2.75, 3.05) is 20.2 Å². The molecule has 2 heterocycles. The molecule has 1 aliphatic heterocycles. The van der Waals surface area contributed by atoms with Crippen LogP contribution < -0.4 is 0 Å². The number of amides is 1. The maximum absolute atomic E-state index is 11.9. The van der Waals surface area contributed by atoms with E-state index < -0.39 is 0 Å². The Morgan fingerprint density at radius 1 is 1.71 bits per heavy atom. The van der Waals surface area contributed by atoms with Gasteiger partial charge in [-0.3, -0.25) is 9.78 Å². The smallest absolute Gasteiger partial charge is 0.222 e. The zero-order chi connectivity index (χ0) is 12.1. The van der Waals surface area contributed by atoms with E-state index in [-0.39, 0.29) is 12.0 Å². The number of ether oxygens (including phenoxy) is 1. The molecular weight excluding hydrogens is 236 g/mol. The Labute approximate surface area is 106 Å². The zero-order valence-electron chi connectivity index (χ0n) is 10.1. The SMILES string of the molecule is CN(C[C@H]1CCCO1)C(=O)CCc1cncs1. The molecule has 0 aliphatic carbocycles. The van der Waals surface area contributed by atoms with E-state index in [0.29, 0.717) is 6.42 Å². The lowest BCUT2D eigenvalue weighted by Gasteiger charge is -2.20. The summed E-state index contributed by atoms with van der Waals surface area (Å²) in [5, 5.41) is 0. The van der Waals surface area contributed by atoms with Crippen LogP contribution in [0.15, 0.2) is 11.7 Å². The molecule has 1 aromatic heterocycles. The highest BCUT2D eigenvalue weighted by Gasteiger charge is 2.19. The number of nitrogens with zero attached hydrogens (tertiary/aromatic N) is 2. The van der Waals surface area contributed by atoms with E-state index in [1.807, 2.05) is 13.2 Å². The summed E-state index contributed by atoms with van der Waals surface area (Å²) in [7, 11) is 1.86. The van der Waals surface area contributed by atoms with Gasteiger partial charge in [0.2, 0.25) is 5.91 Å². The van der Waals surface area contributed by atoms with Gasteiger partial charge in [0.1, 0.15) is 0 Å². The minimum atomic E-state index is 0.189. The first-order valence-corrected chi connectivity index (χ1v) is 6.86. The van der Waals surface area contributed by atoms with Gasteiger partial charge in [-0.15, -0.1) is 11.3 Å². The van der Waals surface area contributed by atoms with Crippen LogP contribution in [0.1, 0.15) is 24.1 Å². The molecule has 1 fully saturated rings. The van der Waals surface area contributed by atoms with E-state index in [4.69, 9.17) is 4.74 Å². The number of hydrogen-bond acceptors (Lipinski definition) is 4. The van der Waals surface area contributed by atoms with Gasteiger partial charge >= 0.3 is 0 Å². The molecule has 4 nitrogen and oxygen atoms in total. The van der Waals surface area contributed by atoms with Gasteiger partial charge < -0.3 is 9.64 Å². The number of carbonyl (C=O) groups excluding carboxylic acids is 1. The minimum Gasteiger partial charge on any atom is -0.376 e. The van der Waals surface area contributed by atoms with Crippen LogP contribution in [-0.2, 0) is 16.0 Å². The van der Waals surface area contributed by atoms with Crippen molar-refractivity contribution in [3.63, 3.8) is 0 Å². The highest BCUT2D eigenvalue weighted by atomic mass is 32.1. The van der Waals surface area contributed by atoms with Crippen LogP contribution in [0, 0.1) is 0 Å². The van der Waals surface area contributed by atoms with Crippen LogP contribution >= 0.6 is 11.3 Å². The maximum Gasteiger partial charge on any atom is 0.222 e. The van der Waals surface area contributed by atoms with Gasteiger partial charge in [-0.25, -0.2) is 0 Å². The second-order valence-electron chi connectivity index (χ2n) is 4.38. The van der Waals surface area contributed by atoms with E-state index in [9.17, 15) is 4.79 Å². The van der Waals surface area contributed by atoms with E-state index in [2.05, 4.69) is 4.98 Å². The number of rotatable bonds is 5. The Hall–Kier alpha value is -0.940. The van der Waals surface area contributed by atoms with Gasteiger partial charge in [0.15, 0.2) is 0 Å². The van der Waals surface area contributed by atoms with Crippen LogP contribution in [0.3, 0.4) is 0 Å². The van der Waals surface area contributed by atoms with Crippen molar-refractivity contribution in [2.24, 2.45) is 0 Å². The maximum atomic E-state index is 11.9. The molecule has 1 aliphatic rings. The van der Waals surface area contributed by atoms with Crippen LogP contribution in [-0.4, -0.2) is 42.1 Å². The summed E-state index contributed by atoms with van der Waals surface area (Å²) in [5.74, 6) is 0.189. The summed E-state index contributed by atoms with van der Waals surface area (Å²) >= 11 is 1.60. The Kier molecular flexibility index (Phi) is 4.50. The number of aryl methyl sites for hydroxylation is 1. The second kappa shape index (κ2) is 6.12. The predicted molar refractivity (Wildman–Crippen MR) is 67.0 cm³/mol. The number of likely N-dealkylation sites (N-methyl/N-ethyl adjacent to an activating group) is 1. The third-order valence-electron chi connectivity index (χ3n) is 3.00. The van der Waals surface area contributed by atoms with Crippen LogP contribution in [0.2, 0.25) is 0 Å². The summed E-state index contributed by atoms with van der Waals surface area (Å²) < 4.78 is 5.52. The molecule has 1 amide bonds. The number of hydrogen-bond donors (Lipinski definition) is 0. The standard InChI is InChI=1S/C12H18N2O2S/c1-14(8-10-3-2-6-16-10)12(15)5-4-11-7-13-9-17-11/h7,9-10H,2-6,8H2,1H3/t10-/m1/s1. The molecule has 0 aromatic carbocycles. The molecule has 0 spiro atoms. The monoisotopic (exact) mass is 254 g/mol. The second-order valence-corrected chi connectivity index (χ2v) is 5.35. The molecule has 17 heavy (non-hydrogen) atoms. The largest absolute Gasteiger partial charge is 0.376 e. The van der Waals surface area contributed by atoms with Crippen molar-refractivity contribution in [2.45, 2.75) is 31.8 Å². The molecule has 1 aromatic rings. The molecule has 1 saturated heterocycles. The van der Waals surface area contributed by atoms with Crippen molar-refractivity contribution < 1.29 is 9.53 Å². The van der Waals surface area contributed by atoms with Gasteiger partial charge in [-0.2, -0.15) is 0 Å². The van der Waals surface area contributed by atoms with E-state index in [1.54, 1.807) is 21.7 Å². The third-order valence-corrected chi connectivity index (χ3v) is 3.84. The molecular formula is C12H18N2O2S. The lowest BCUT2D eigenvalue weighted by atomic mass is 10.2. The van der Waals surface area contributed by atoms with Gasteiger partial charge in [0.25, 0.3) is 0 Å². The van der Waals surface area contributed by atoms with Gasteiger partial charge in [0.05, 0.1) is 11.6 Å². The number of carbonyl (C=O) groups is 1. The summed E-state index contributed by atoms with van der Waals surface area (Å²) in [4.78, 5) is 18.8. The van der Waals surface area contributed by atoms with E-state index >= 15 is 0 Å². The Bertz CT molecular complexity index is 347. The van der Waals surface area contributed by atoms with Gasteiger partial charge in [-0.1, -0.05) is 0 Å². The predicted octanol–water partition coefficient (Wildman–Crippen LogP) is 1.71. The molecule has 0 saturated carbocycles. The van der Waals surface area contributed by atoms with Crippen molar-refractivity contribution >= 4 is 17.2 Å². The van der Waals surface area contributed by atoms with Crippen LogP contribution in [0.5, 0.6) is 0 Å². The topological polar surface area (TPSA) is 42.4 Å². The average molecular weight is 254 g/mol. The highest BCUT2D eigenvalue weighted by molar-refractivity contribution is 7.09. The number of thiazole rings is 1. The van der Waals surface area contributed by atoms with Crippen molar-refractivity contribution in [3.05, 3.63) is 16.6 Å². The first kappa shape index (κ1) is 12.5. The highest BCUT2D eigenvalue weighted by Crippen LogP contribution is 2.14. The Morgan fingerprint density at radius 3 is 3.24 bits per heavy atom. The fourth-order valence-electron chi connectivity index (χ4n) is 1.98. The van der Waals surface area contributed by atoms with Crippen molar-refractivity contribution in [3.8, 4) is 0 Å². The van der Waals surface area contributed by atoms with Crippen molar-refractivity contribution in [1.82, 2.24) is 9.88 Å². The normalized spacial score (nSPS) is 19.5. The summed E-state index contributed by atoms with van der Waals surface area (Å²) in [6.07, 6.45) is 5.62. The lowest BCUT2D eigenvalue weighted by Crippen LogP contribution is -2.34. The molecule has 0 N–H and O–H groups in total. The van der Waals surface area contributed by atoms with Gasteiger partial charge in [0, 0.05) is 37.7 Å². The Balaban J connectivity index is 1.71. The van der Waals surface area contributed by atoms with Crippen LogP contribution in [0.4, 0.5) is 0 Å². The molecule has 0 unspecified atom stereocenters. The summed E-state index contributed by atoms with van der Waals surface area (Å²) in [5.41, 5.74) is 1.80. The van der Waals surface area contributed by atoms with E-state index in [1.165, 1.54) is 4.88 Å². The molecule has 0 bridgehead atoms. The molecule has 0 radical (unpaired) electrons. The molecule has 94 valence electrons. The van der Waals surface area contributed by atoms with Crippen LogP contribution in [0.25, 0.3) is 0 Å². The first-order valence-electron chi connectivity index (χ1n) is 5.98. The fraction of sp³-hybridized carbons (Fsp3) is 0.667. The molecule has 1 atom stereocenters. The average Bonchev–Trinajstić information content (AvgIpc) is 2.98. The lowest BCUT2D eigenvalue weighted by molar-refractivity contribution is -0.131. The van der Waals surface area contributed by atoms with Gasteiger partial charge in [-0.05, 0) is 19.3 Å². The quantitative estimate of drug-likeness (QED) is 0.803. The summed E-state index contributed by atoms with van der Waals surface area (Å²) in [6.45, 7) is 1.56.